The van der Waals surface area contributed by atoms with Gasteiger partial charge in [0, 0.05) is 30.3 Å². The molecule has 0 saturated carbocycles. The van der Waals surface area contributed by atoms with Crippen molar-refractivity contribution in [1.29, 1.82) is 0 Å². The molecular weight excluding hydrogens is 508 g/mol. The molecule has 0 aromatic rings. The minimum absolute atomic E-state index is 0.111. The Kier molecular flexibility index (Phi) is 15.5. The molecule has 1 saturated heterocycles. The molecule has 0 radical (unpaired) electrons. The Hall–Kier alpha value is -1.70. The van der Waals surface area contributed by atoms with Crippen LogP contribution in [-0.2, 0) is 14.3 Å². The van der Waals surface area contributed by atoms with Crippen LogP contribution in [0.15, 0.2) is 23.3 Å². The van der Waals surface area contributed by atoms with Gasteiger partial charge in [0.05, 0.1) is 18.3 Å². The Bertz CT molecular complexity index is 835. The van der Waals surface area contributed by atoms with Crippen molar-refractivity contribution in [3.8, 4) is 0 Å². The summed E-state index contributed by atoms with van der Waals surface area (Å²) in [5.41, 5.74) is 1.49. The van der Waals surface area contributed by atoms with Gasteiger partial charge in [0.1, 0.15) is 6.10 Å². The summed E-state index contributed by atoms with van der Waals surface area (Å²) in [5.74, 6) is -0.623. The number of aliphatic hydroxyl groups excluding tert-OH is 3. The lowest BCUT2D eigenvalue weighted by Crippen LogP contribution is -2.39. The number of carboxylic acids is 1. The molecule has 7 nitrogen and oxygen atoms in total. The van der Waals surface area contributed by atoms with Crippen LogP contribution in [0.25, 0.3) is 0 Å². The second-order valence-corrected chi connectivity index (χ2v) is 12.7. The Morgan fingerprint density at radius 1 is 1.00 bits per heavy atom. The SMILES string of the molecule is C/C1=C\[C@@H](C)CCCC2C/C(=C\CC(O)[C@@H](C)[C@H](O)C[C@@H]1O)C(=O)O[C@@H]2[C@H](C)CCCCCCCCCC(=O)O. The maximum atomic E-state index is 13.0. The summed E-state index contributed by atoms with van der Waals surface area (Å²) in [6.45, 7) is 8.04. The summed E-state index contributed by atoms with van der Waals surface area (Å²) in [6.07, 6.45) is 14.1. The molecule has 0 aromatic carbocycles. The Balaban J connectivity index is 1.99. The lowest BCUT2D eigenvalue weighted by molar-refractivity contribution is -0.155. The number of aliphatic hydroxyl groups is 3. The fraction of sp³-hybridized carbons (Fsp3) is 0.818. The topological polar surface area (TPSA) is 124 Å². The number of carbonyl (C=O) groups excluding carboxylic acids is 1. The second kappa shape index (κ2) is 18.0. The lowest BCUT2D eigenvalue weighted by atomic mass is 9.79. The third-order valence-corrected chi connectivity index (χ3v) is 9.15. The zero-order chi connectivity index (χ0) is 29.7. The van der Waals surface area contributed by atoms with E-state index >= 15 is 0 Å². The molecule has 4 N–H and O–H groups in total. The molecule has 7 heteroatoms. The first kappa shape index (κ1) is 34.5. The number of fused-ring (bicyclic) bond motifs is 2. The van der Waals surface area contributed by atoms with Gasteiger partial charge in [0.2, 0.25) is 0 Å². The van der Waals surface area contributed by atoms with Crippen LogP contribution in [0.3, 0.4) is 0 Å². The summed E-state index contributed by atoms with van der Waals surface area (Å²) in [4.78, 5) is 23.6. The number of carboxylic acid groups (broad SMARTS) is 1. The van der Waals surface area contributed by atoms with Gasteiger partial charge in [-0.3, -0.25) is 4.79 Å². The zero-order valence-electron chi connectivity index (χ0n) is 25.4. The van der Waals surface area contributed by atoms with Crippen LogP contribution in [-0.4, -0.2) is 56.8 Å². The molecule has 0 aromatic heterocycles. The van der Waals surface area contributed by atoms with Crippen molar-refractivity contribution in [2.75, 3.05) is 0 Å². The third kappa shape index (κ3) is 12.0. The number of esters is 1. The molecule has 1 fully saturated rings. The van der Waals surface area contributed by atoms with Crippen molar-refractivity contribution in [2.45, 2.75) is 148 Å². The highest BCUT2D eigenvalue weighted by atomic mass is 16.5. The first-order valence-electron chi connectivity index (χ1n) is 15.8. The van der Waals surface area contributed by atoms with Crippen molar-refractivity contribution in [3.63, 3.8) is 0 Å². The van der Waals surface area contributed by atoms with Crippen LogP contribution < -0.4 is 0 Å². The quantitative estimate of drug-likeness (QED) is 0.131. The van der Waals surface area contributed by atoms with Gasteiger partial charge < -0.3 is 25.2 Å². The average molecular weight is 565 g/mol. The van der Waals surface area contributed by atoms with E-state index < -0.39 is 30.2 Å². The maximum absolute atomic E-state index is 13.0. The highest BCUT2D eigenvalue weighted by Gasteiger charge is 2.37. The van der Waals surface area contributed by atoms with Gasteiger partial charge in [-0.05, 0) is 62.9 Å². The molecule has 2 aliphatic rings. The van der Waals surface area contributed by atoms with E-state index in [1.54, 1.807) is 13.0 Å². The number of cyclic esters (lactones) is 1. The Labute approximate surface area is 242 Å². The maximum Gasteiger partial charge on any atom is 0.333 e. The fourth-order valence-electron chi connectivity index (χ4n) is 6.29. The second-order valence-electron chi connectivity index (χ2n) is 12.7. The molecule has 1 aliphatic carbocycles. The molecule has 2 rings (SSSR count). The molecule has 1 aliphatic heterocycles. The number of carbonyl (C=O) groups is 2. The fourth-order valence-corrected chi connectivity index (χ4v) is 6.29. The van der Waals surface area contributed by atoms with E-state index in [4.69, 9.17) is 9.84 Å². The molecular formula is C33H56O7. The summed E-state index contributed by atoms with van der Waals surface area (Å²) >= 11 is 0. The van der Waals surface area contributed by atoms with Gasteiger partial charge in [0.15, 0.2) is 0 Å². The number of ether oxygens (including phenoxy) is 1. The first-order valence-corrected chi connectivity index (χ1v) is 15.8. The van der Waals surface area contributed by atoms with Gasteiger partial charge in [-0.2, -0.15) is 0 Å². The van der Waals surface area contributed by atoms with Gasteiger partial charge in [0.25, 0.3) is 0 Å². The zero-order valence-corrected chi connectivity index (χ0v) is 25.4. The smallest absolute Gasteiger partial charge is 0.333 e. The first-order chi connectivity index (χ1) is 19.0. The third-order valence-electron chi connectivity index (χ3n) is 9.15. The summed E-state index contributed by atoms with van der Waals surface area (Å²) in [7, 11) is 0. The average Bonchev–Trinajstić information content (AvgIpc) is 2.90. The van der Waals surface area contributed by atoms with Crippen molar-refractivity contribution >= 4 is 11.9 Å². The number of hydrogen-bond donors (Lipinski definition) is 4. The van der Waals surface area contributed by atoms with Gasteiger partial charge >= 0.3 is 11.9 Å². The lowest BCUT2D eigenvalue weighted by Gasteiger charge is -2.37. The molecule has 230 valence electrons. The molecule has 8 atom stereocenters. The van der Waals surface area contributed by atoms with E-state index in [1.807, 2.05) is 6.92 Å². The highest BCUT2D eigenvalue weighted by Crippen LogP contribution is 2.36. The minimum atomic E-state index is -0.844. The highest BCUT2D eigenvalue weighted by molar-refractivity contribution is 5.89. The van der Waals surface area contributed by atoms with E-state index in [9.17, 15) is 24.9 Å². The van der Waals surface area contributed by atoms with Crippen LogP contribution in [0.4, 0.5) is 0 Å². The number of rotatable bonds is 11. The van der Waals surface area contributed by atoms with E-state index in [0.29, 0.717) is 17.9 Å². The van der Waals surface area contributed by atoms with E-state index in [0.717, 1.165) is 76.2 Å². The van der Waals surface area contributed by atoms with Crippen LogP contribution in [0.1, 0.15) is 124 Å². The van der Waals surface area contributed by atoms with E-state index in [1.165, 1.54) is 0 Å². The van der Waals surface area contributed by atoms with Crippen molar-refractivity contribution in [3.05, 3.63) is 23.3 Å². The predicted molar refractivity (Wildman–Crippen MR) is 158 cm³/mol. The molecule has 0 amide bonds. The normalized spacial score (nSPS) is 34.2. The predicted octanol–water partition coefficient (Wildman–Crippen LogP) is 6.34. The molecule has 2 bridgehead atoms. The van der Waals surface area contributed by atoms with Crippen LogP contribution >= 0.6 is 0 Å². The number of hydrogen-bond acceptors (Lipinski definition) is 6. The minimum Gasteiger partial charge on any atom is -0.481 e. The van der Waals surface area contributed by atoms with Crippen LogP contribution in [0, 0.1) is 23.7 Å². The van der Waals surface area contributed by atoms with Crippen molar-refractivity contribution < 1.29 is 34.8 Å². The summed E-state index contributed by atoms with van der Waals surface area (Å²) in [5, 5.41) is 40.7. The van der Waals surface area contributed by atoms with E-state index in [2.05, 4.69) is 19.9 Å². The summed E-state index contributed by atoms with van der Waals surface area (Å²) in [6, 6.07) is 0. The van der Waals surface area contributed by atoms with Crippen LogP contribution in [0.5, 0.6) is 0 Å². The Morgan fingerprint density at radius 3 is 2.33 bits per heavy atom. The van der Waals surface area contributed by atoms with Crippen molar-refractivity contribution in [2.24, 2.45) is 23.7 Å². The van der Waals surface area contributed by atoms with Gasteiger partial charge in [-0.25, -0.2) is 4.79 Å². The molecule has 1 heterocycles. The van der Waals surface area contributed by atoms with Crippen molar-refractivity contribution in [1.82, 2.24) is 0 Å². The monoisotopic (exact) mass is 564 g/mol. The van der Waals surface area contributed by atoms with Gasteiger partial charge in [-0.15, -0.1) is 0 Å². The summed E-state index contributed by atoms with van der Waals surface area (Å²) < 4.78 is 6.07. The van der Waals surface area contributed by atoms with E-state index in [-0.39, 0.29) is 43.2 Å². The Morgan fingerprint density at radius 2 is 1.65 bits per heavy atom. The number of unbranched alkanes of at least 4 members (excludes halogenated alkanes) is 6. The van der Waals surface area contributed by atoms with Gasteiger partial charge in [-0.1, -0.05) is 77.9 Å². The van der Waals surface area contributed by atoms with Crippen LogP contribution in [0.2, 0.25) is 0 Å². The standard InChI is InChI=1S/C33H56O7/c1-22-13-12-15-26-20-27(17-18-28(34)25(4)30(36)21-29(35)24(3)19-22)33(39)40-32(26)23(2)14-10-8-6-5-7-9-11-16-31(37)38/h17,19,22-23,25-26,28-30,32,34-36H,5-16,18,20-21H2,1-4H3,(H,37,38)/b24-19+,27-17+/t22-,23+,25+,26?,28?,29-,30+,32+/m0/s1. The molecule has 0 spiro atoms. The molecule has 2 unspecified atom stereocenters. The molecule has 40 heavy (non-hydrogen) atoms. The number of aliphatic carboxylic acids is 1. The largest absolute Gasteiger partial charge is 0.481 e. The number of allylic oxidation sites excluding steroid dienone is 1.